The summed E-state index contributed by atoms with van der Waals surface area (Å²) in [5.74, 6) is 0.470. The SMILES string of the molecule is Cn1c(-c2ccc(C(=O)NCCc3cccnc3)cc2)nc2c(=O)n(C3CCCCC3)c(=O)n(C3CCCCC3)c21. The second-order valence-corrected chi connectivity index (χ2v) is 11.5. The second-order valence-electron chi connectivity index (χ2n) is 11.5. The van der Waals surface area contributed by atoms with Gasteiger partial charge < -0.3 is 9.88 Å². The molecule has 2 aliphatic carbocycles. The van der Waals surface area contributed by atoms with Crippen LogP contribution in [0.15, 0.2) is 58.4 Å². The Hall–Kier alpha value is -4.01. The molecule has 0 aliphatic heterocycles. The summed E-state index contributed by atoms with van der Waals surface area (Å²) in [6, 6.07) is 11.2. The standard InChI is InChI=1S/C32H38N6O3/c1-36-28(23-14-16-24(17-15-23)29(39)34-20-18-22-9-8-19-33-21-22)35-27-30(36)37(25-10-4-2-5-11-25)32(41)38(31(27)40)26-12-6-3-7-13-26/h8-9,14-17,19,21,25-26H,2-7,10-13,18,20H2,1H3,(H,34,39). The number of pyridine rings is 1. The van der Waals surface area contributed by atoms with Crippen molar-refractivity contribution in [1.82, 2.24) is 29.0 Å². The first-order valence-electron chi connectivity index (χ1n) is 15.0. The summed E-state index contributed by atoms with van der Waals surface area (Å²) in [5.41, 5.74) is 2.91. The Bertz CT molecular complexity index is 1640. The molecule has 0 bridgehead atoms. The van der Waals surface area contributed by atoms with E-state index in [-0.39, 0.29) is 29.2 Å². The number of hydrogen-bond donors (Lipinski definition) is 1. The first kappa shape index (κ1) is 27.2. The molecule has 2 aliphatic rings. The average molecular weight is 555 g/mol. The van der Waals surface area contributed by atoms with Gasteiger partial charge in [0.1, 0.15) is 5.82 Å². The molecule has 0 spiro atoms. The van der Waals surface area contributed by atoms with Gasteiger partial charge in [-0.2, -0.15) is 0 Å². The fourth-order valence-electron chi connectivity index (χ4n) is 6.64. The number of carbonyl (C=O) groups excluding carboxylic acids is 1. The molecule has 2 fully saturated rings. The van der Waals surface area contributed by atoms with Gasteiger partial charge in [0, 0.05) is 49.2 Å². The molecule has 4 aromatic rings. The second kappa shape index (κ2) is 11.8. The largest absolute Gasteiger partial charge is 0.352 e. The molecular weight excluding hydrogens is 516 g/mol. The van der Waals surface area contributed by atoms with Crippen LogP contribution in [0.4, 0.5) is 0 Å². The van der Waals surface area contributed by atoms with Crippen molar-refractivity contribution < 1.29 is 4.79 Å². The molecular formula is C32H38N6O3. The van der Waals surface area contributed by atoms with Gasteiger partial charge in [-0.25, -0.2) is 9.78 Å². The lowest BCUT2D eigenvalue weighted by Crippen LogP contribution is -2.44. The summed E-state index contributed by atoms with van der Waals surface area (Å²) in [7, 11) is 1.88. The highest BCUT2D eigenvalue weighted by atomic mass is 16.2. The molecule has 3 heterocycles. The number of fused-ring (bicyclic) bond motifs is 1. The average Bonchev–Trinajstić information content (AvgIpc) is 3.36. The first-order chi connectivity index (χ1) is 20.0. The fraction of sp³-hybridized carbons (Fsp3) is 0.469. The monoisotopic (exact) mass is 554 g/mol. The predicted octanol–water partition coefficient (Wildman–Crippen LogP) is 4.94. The lowest BCUT2D eigenvalue weighted by atomic mass is 9.94. The van der Waals surface area contributed by atoms with Gasteiger partial charge in [0.2, 0.25) is 0 Å². The molecule has 1 amide bonds. The summed E-state index contributed by atoms with van der Waals surface area (Å²) < 4.78 is 5.29. The number of carbonyl (C=O) groups is 1. The molecule has 1 aromatic carbocycles. The van der Waals surface area contributed by atoms with Gasteiger partial charge in [-0.3, -0.25) is 23.7 Å². The van der Waals surface area contributed by atoms with Crippen LogP contribution >= 0.6 is 0 Å². The van der Waals surface area contributed by atoms with E-state index < -0.39 is 0 Å². The number of aryl methyl sites for hydroxylation is 1. The zero-order valence-electron chi connectivity index (χ0n) is 23.7. The molecule has 3 aromatic heterocycles. The molecule has 9 nitrogen and oxygen atoms in total. The third kappa shape index (κ3) is 5.37. The van der Waals surface area contributed by atoms with Crippen molar-refractivity contribution in [2.45, 2.75) is 82.7 Å². The van der Waals surface area contributed by atoms with Gasteiger partial charge in [0.15, 0.2) is 11.2 Å². The zero-order valence-corrected chi connectivity index (χ0v) is 23.7. The van der Waals surface area contributed by atoms with Crippen molar-refractivity contribution in [1.29, 1.82) is 0 Å². The number of amides is 1. The van der Waals surface area contributed by atoms with E-state index in [9.17, 15) is 14.4 Å². The van der Waals surface area contributed by atoms with Crippen LogP contribution in [0.5, 0.6) is 0 Å². The van der Waals surface area contributed by atoms with E-state index in [2.05, 4.69) is 10.3 Å². The quantitative estimate of drug-likeness (QED) is 0.349. The Kier molecular flexibility index (Phi) is 7.85. The van der Waals surface area contributed by atoms with E-state index in [0.29, 0.717) is 35.5 Å². The summed E-state index contributed by atoms with van der Waals surface area (Å²) in [5, 5.41) is 2.96. The summed E-state index contributed by atoms with van der Waals surface area (Å²) >= 11 is 0. The molecule has 1 N–H and O–H groups in total. The molecule has 41 heavy (non-hydrogen) atoms. The van der Waals surface area contributed by atoms with Crippen molar-refractivity contribution in [2.75, 3.05) is 6.54 Å². The minimum absolute atomic E-state index is 0.0650. The van der Waals surface area contributed by atoms with Crippen molar-refractivity contribution >= 4 is 17.1 Å². The van der Waals surface area contributed by atoms with E-state index in [4.69, 9.17) is 4.98 Å². The van der Waals surface area contributed by atoms with Gasteiger partial charge in [-0.05, 0) is 55.9 Å². The van der Waals surface area contributed by atoms with Crippen molar-refractivity contribution in [3.63, 3.8) is 0 Å². The van der Waals surface area contributed by atoms with Gasteiger partial charge in [-0.15, -0.1) is 0 Å². The van der Waals surface area contributed by atoms with Crippen LogP contribution in [0, 0.1) is 0 Å². The molecule has 0 saturated heterocycles. The van der Waals surface area contributed by atoms with Crippen LogP contribution in [0.2, 0.25) is 0 Å². The maximum atomic E-state index is 14.0. The summed E-state index contributed by atoms with van der Waals surface area (Å²) in [4.78, 5) is 49.6. The van der Waals surface area contributed by atoms with Crippen molar-refractivity contribution in [2.24, 2.45) is 7.05 Å². The maximum Gasteiger partial charge on any atom is 0.333 e. The van der Waals surface area contributed by atoms with E-state index in [0.717, 1.165) is 68.9 Å². The van der Waals surface area contributed by atoms with Crippen LogP contribution in [-0.2, 0) is 13.5 Å². The van der Waals surface area contributed by atoms with Gasteiger partial charge in [0.05, 0.1) is 0 Å². The molecule has 2 saturated carbocycles. The van der Waals surface area contributed by atoms with Crippen LogP contribution < -0.4 is 16.6 Å². The highest BCUT2D eigenvalue weighted by Gasteiger charge is 2.29. The van der Waals surface area contributed by atoms with Crippen LogP contribution in [0.3, 0.4) is 0 Å². The molecule has 0 radical (unpaired) electrons. The van der Waals surface area contributed by atoms with E-state index >= 15 is 0 Å². The summed E-state index contributed by atoms with van der Waals surface area (Å²) in [6.45, 7) is 0.517. The predicted molar refractivity (Wildman–Crippen MR) is 159 cm³/mol. The van der Waals surface area contributed by atoms with E-state index in [1.54, 1.807) is 24.5 Å². The van der Waals surface area contributed by atoms with Gasteiger partial charge in [-0.1, -0.05) is 56.7 Å². The van der Waals surface area contributed by atoms with Crippen molar-refractivity contribution in [3.05, 3.63) is 80.8 Å². The Morgan fingerprint density at radius 2 is 1.56 bits per heavy atom. The topological polar surface area (TPSA) is 104 Å². The molecule has 9 heteroatoms. The van der Waals surface area contributed by atoms with E-state index in [1.165, 1.54) is 11.0 Å². The van der Waals surface area contributed by atoms with Gasteiger partial charge >= 0.3 is 5.69 Å². The Labute approximate surface area is 239 Å². The Balaban J connectivity index is 1.33. The fourth-order valence-corrected chi connectivity index (χ4v) is 6.64. The number of nitrogens with zero attached hydrogens (tertiary/aromatic N) is 5. The normalized spacial score (nSPS) is 16.7. The minimum Gasteiger partial charge on any atom is -0.352 e. The third-order valence-electron chi connectivity index (χ3n) is 8.83. The zero-order chi connectivity index (χ0) is 28.3. The molecule has 6 rings (SSSR count). The lowest BCUT2D eigenvalue weighted by molar-refractivity contribution is 0.0954. The number of benzene rings is 1. The Morgan fingerprint density at radius 1 is 0.902 bits per heavy atom. The van der Waals surface area contributed by atoms with Crippen LogP contribution in [0.1, 0.15) is 92.2 Å². The smallest absolute Gasteiger partial charge is 0.333 e. The highest BCUT2D eigenvalue weighted by Crippen LogP contribution is 2.32. The maximum absolute atomic E-state index is 14.0. The number of hydrogen-bond acceptors (Lipinski definition) is 5. The number of rotatable bonds is 7. The highest BCUT2D eigenvalue weighted by molar-refractivity contribution is 5.94. The molecule has 214 valence electrons. The third-order valence-corrected chi connectivity index (χ3v) is 8.83. The minimum atomic E-state index is -0.282. The van der Waals surface area contributed by atoms with Crippen molar-refractivity contribution in [3.8, 4) is 11.4 Å². The molecule has 0 unspecified atom stereocenters. The Morgan fingerprint density at radius 3 is 2.20 bits per heavy atom. The number of nitrogens with one attached hydrogen (secondary N) is 1. The van der Waals surface area contributed by atoms with Crippen LogP contribution in [-0.4, -0.2) is 36.1 Å². The summed E-state index contributed by atoms with van der Waals surface area (Å²) in [6.07, 6.45) is 14.4. The first-order valence-corrected chi connectivity index (χ1v) is 15.0. The lowest BCUT2D eigenvalue weighted by Gasteiger charge is -2.28. The van der Waals surface area contributed by atoms with E-state index in [1.807, 2.05) is 40.4 Å². The van der Waals surface area contributed by atoms with Gasteiger partial charge in [0.25, 0.3) is 11.5 Å². The van der Waals surface area contributed by atoms with Crippen LogP contribution in [0.25, 0.3) is 22.6 Å². The number of imidazole rings is 1. The molecule has 0 atom stereocenters. The number of aromatic nitrogens is 5.